The molecular weight excluding hydrogens is 348 g/mol. The maximum absolute atomic E-state index is 11.0. The Balaban J connectivity index is 1.43. The van der Waals surface area contributed by atoms with E-state index >= 15 is 0 Å². The van der Waals surface area contributed by atoms with Gasteiger partial charge in [0.25, 0.3) is 0 Å². The smallest absolute Gasteiger partial charge is 0.119 e. The second-order valence-corrected chi connectivity index (χ2v) is 7.52. The quantitative estimate of drug-likeness (QED) is 0.727. The summed E-state index contributed by atoms with van der Waals surface area (Å²) in [5.74, 6) is 0.852. The van der Waals surface area contributed by atoms with Gasteiger partial charge in [0.15, 0.2) is 0 Å². The molecule has 1 N–H and O–H groups in total. The molecule has 4 rings (SSSR count). The van der Waals surface area contributed by atoms with Gasteiger partial charge in [-0.15, -0.1) is 0 Å². The molecule has 0 saturated carbocycles. The Bertz CT molecular complexity index is 920. The summed E-state index contributed by atoms with van der Waals surface area (Å²) in [7, 11) is 1.68. The molecule has 3 aromatic rings. The number of piperazine rings is 1. The minimum atomic E-state index is -0.505. The fourth-order valence-corrected chi connectivity index (χ4v) is 4.06. The number of benzene rings is 3. The lowest BCUT2D eigenvalue weighted by molar-refractivity contribution is 0.0546. The summed E-state index contributed by atoms with van der Waals surface area (Å²) in [6, 6.07) is 22.9. The summed E-state index contributed by atoms with van der Waals surface area (Å²) in [5.41, 5.74) is 2.25. The van der Waals surface area contributed by atoms with Gasteiger partial charge in [-0.1, -0.05) is 36.4 Å². The third-order valence-corrected chi connectivity index (χ3v) is 5.88. The van der Waals surface area contributed by atoms with Crippen molar-refractivity contribution in [2.45, 2.75) is 19.1 Å². The highest BCUT2D eigenvalue weighted by molar-refractivity contribution is 5.84. The first kappa shape index (κ1) is 18.8. The van der Waals surface area contributed by atoms with E-state index in [9.17, 15) is 5.11 Å². The fraction of sp³-hybridized carbons (Fsp3) is 0.333. The van der Waals surface area contributed by atoms with Crippen LogP contribution in [0.25, 0.3) is 10.8 Å². The monoisotopic (exact) mass is 376 g/mol. The molecule has 0 spiro atoms. The van der Waals surface area contributed by atoms with Crippen molar-refractivity contribution < 1.29 is 9.84 Å². The summed E-state index contributed by atoms with van der Waals surface area (Å²) >= 11 is 0. The topological polar surface area (TPSA) is 35.9 Å². The molecule has 146 valence electrons. The molecule has 28 heavy (non-hydrogen) atoms. The van der Waals surface area contributed by atoms with Gasteiger partial charge in [0.05, 0.1) is 13.2 Å². The van der Waals surface area contributed by atoms with E-state index in [4.69, 9.17) is 4.74 Å². The Hall–Kier alpha value is -2.56. The highest BCUT2D eigenvalue weighted by Crippen LogP contribution is 2.28. The predicted octanol–water partition coefficient (Wildman–Crippen LogP) is 4.09. The zero-order valence-electron chi connectivity index (χ0n) is 16.6. The number of nitrogens with zero attached hydrogens (tertiary/aromatic N) is 2. The maximum atomic E-state index is 11.0. The third-order valence-electron chi connectivity index (χ3n) is 5.88. The molecule has 4 nitrogen and oxygen atoms in total. The molecule has 0 bridgehead atoms. The lowest BCUT2D eigenvalue weighted by atomic mass is 9.98. The molecule has 0 aliphatic carbocycles. The van der Waals surface area contributed by atoms with Crippen molar-refractivity contribution in [3.05, 3.63) is 72.3 Å². The number of ether oxygens (including phenoxy) is 1. The first-order valence-corrected chi connectivity index (χ1v) is 9.95. The van der Waals surface area contributed by atoms with Gasteiger partial charge in [-0.2, -0.15) is 0 Å². The van der Waals surface area contributed by atoms with E-state index in [1.807, 2.05) is 24.3 Å². The molecular formula is C24H28N2O2. The van der Waals surface area contributed by atoms with E-state index in [2.05, 4.69) is 59.2 Å². The summed E-state index contributed by atoms with van der Waals surface area (Å²) in [4.78, 5) is 4.81. The summed E-state index contributed by atoms with van der Waals surface area (Å²) in [6.07, 6.45) is -0.505. The summed E-state index contributed by atoms with van der Waals surface area (Å²) < 4.78 is 5.30. The van der Waals surface area contributed by atoms with Gasteiger partial charge in [-0.05, 0) is 53.6 Å². The fourth-order valence-electron chi connectivity index (χ4n) is 4.06. The van der Waals surface area contributed by atoms with Crippen molar-refractivity contribution in [3.63, 3.8) is 0 Å². The average Bonchev–Trinajstić information content (AvgIpc) is 2.78. The Labute approximate surface area is 167 Å². The van der Waals surface area contributed by atoms with Crippen LogP contribution < -0.4 is 9.64 Å². The molecule has 3 aromatic carbocycles. The van der Waals surface area contributed by atoms with Crippen LogP contribution in [0.5, 0.6) is 5.75 Å². The molecule has 1 aliphatic rings. The molecule has 1 fully saturated rings. The van der Waals surface area contributed by atoms with Crippen LogP contribution in [-0.4, -0.2) is 49.3 Å². The van der Waals surface area contributed by atoms with Crippen LogP contribution >= 0.6 is 0 Å². The van der Waals surface area contributed by atoms with E-state index in [0.29, 0.717) is 0 Å². The molecule has 4 heteroatoms. The standard InChI is InChI=1S/C24H28N2O2/c1-18(25-12-14-26(15-13-25)22-6-4-3-5-7-22)24(27)21-9-8-20-17-23(28-2)11-10-19(20)16-21/h3-11,16-18,24,27H,12-15H2,1-2H3. The Morgan fingerprint density at radius 1 is 0.857 bits per heavy atom. The molecule has 1 saturated heterocycles. The third kappa shape index (κ3) is 3.84. The Morgan fingerprint density at radius 2 is 1.54 bits per heavy atom. The van der Waals surface area contributed by atoms with Crippen molar-refractivity contribution in [2.24, 2.45) is 0 Å². The maximum Gasteiger partial charge on any atom is 0.119 e. The number of methoxy groups -OCH3 is 1. The second kappa shape index (κ2) is 8.21. The van der Waals surface area contributed by atoms with E-state index in [-0.39, 0.29) is 6.04 Å². The van der Waals surface area contributed by atoms with E-state index in [1.54, 1.807) is 7.11 Å². The van der Waals surface area contributed by atoms with Crippen LogP contribution in [0.3, 0.4) is 0 Å². The highest BCUT2D eigenvalue weighted by Gasteiger charge is 2.26. The minimum Gasteiger partial charge on any atom is -0.497 e. The minimum absolute atomic E-state index is 0.0774. The number of para-hydroxylation sites is 1. The molecule has 2 atom stereocenters. The van der Waals surface area contributed by atoms with Crippen molar-refractivity contribution in [3.8, 4) is 5.75 Å². The Morgan fingerprint density at radius 3 is 2.25 bits per heavy atom. The molecule has 1 aliphatic heterocycles. The van der Waals surface area contributed by atoms with Crippen molar-refractivity contribution in [1.29, 1.82) is 0 Å². The van der Waals surface area contributed by atoms with Crippen molar-refractivity contribution in [2.75, 3.05) is 38.2 Å². The molecule has 0 radical (unpaired) electrons. The van der Waals surface area contributed by atoms with Gasteiger partial charge >= 0.3 is 0 Å². The average molecular weight is 377 g/mol. The van der Waals surface area contributed by atoms with Crippen LogP contribution in [0.2, 0.25) is 0 Å². The normalized spacial score (nSPS) is 17.5. The Kier molecular flexibility index (Phi) is 5.51. The number of aliphatic hydroxyl groups is 1. The van der Waals surface area contributed by atoms with E-state index in [1.165, 1.54) is 5.69 Å². The van der Waals surface area contributed by atoms with Crippen LogP contribution in [0.4, 0.5) is 5.69 Å². The van der Waals surface area contributed by atoms with E-state index < -0.39 is 6.10 Å². The van der Waals surface area contributed by atoms with Gasteiger partial charge in [0, 0.05) is 37.9 Å². The largest absolute Gasteiger partial charge is 0.497 e. The first-order chi connectivity index (χ1) is 13.7. The summed E-state index contributed by atoms with van der Waals surface area (Å²) in [5, 5.41) is 13.3. The number of rotatable bonds is 5. The van der Waals surface area contributed by atoms with E-state index in [0.717, 1.165) is 48.3 Å². The van der Waals surface area contributed by atoms with Crippen LogP contribution in [0.15, 0.2) is 66.7 Å². The SMILES string of the molecule is COc1ccc2cc(C(O)C(C)N3CCN(c4ccccc4)CC3)ccc2c1. The number of aliphatic hydroxyl groups excluding tert-OH is 1. The van der Waals surface area contributed by atoms with Gasteiger partial charge in [-0.25, -0.2) is 0 Å². The number of hydrogen-bond donors (Lipinski definition) is 1. The van der Waals surface area contributed by atoms with Gasteiger partial charge in [0.2, 0.25) is 0 Å². The zero-order chi connectivity index (χ0) is 19.5. The second-order valence-electron chi connectivity index (χ2n) is 7.52. The molecule has 0 amide bonds. The lowest BCUT2D eigenvalue weighted by Gasteiger charge is -2.40. The first-order valence-electron chi connectivity index (χ1n) is 9.95. The van der Waals surface area contributed by atoms with Gasteiger partial charge in [-0.3, -0.25) is 4.90 Å². The highest BCUT2D eigenvalue weighted by atomic mass is 16.5. The molecule has 2 unspecified atom stereocenters. The number of anilines is 1. The zero-order valence-corrected chi connectivity index (χ0v) is 16.6. The van der Waals surface area contributed by atoms with Crippen molar-refractivity contribution in [1.82, 2.24) is 4.90 Å². The number of fused-ring (bicyclic) bond motifs is 1. The molecule has 1 heterocycles. The van der Waals surface area contributed by atoms with Crippen molar-refractivity contribution >= 4 is 16.5 Å². The molecule has 0 aromatic heterocycles. The summed E-state index contributed by atoms with van der Waals surface area (Å²) in [6.45, 7) is 6.01. The van der Waals surface area contributed by atoms with Crippen LogP contribution in [0, 0.1) is 0 Å². The van der Waals surface area contributed by atoms with Gasteiger partial charge < -0.3 is 14.7 Å². The lowest BCUT2D eigenvalue weighted by Crippen LogP contribution is -2.51. The van der Waals surface area contributed by atoms with Gasteiger partial charge in [0.1, 0.15) is 5.75 Å². The predicted molar refractivity (Wildman–Crippen MR) is 115 cm³/mol. The number of hydrogen-bond acceptors (Lipinski definition) is 4. The van der Waals surface area contributed by atoms with Crippen LogP contribution in [0.1, 0.15) is 18.6 Å². The van der Waals surface area contributed by atoms with Crippen LogP contribution in [-0.2, 0) is 0 Å².